The van der Waals surface area contributed by atoms with Gasteiger partial charge in [0.2, 0.25) is 5.91 Å². The predicted molar refractivity (Wildman–Crippen MR) is 64.8 cm³/mol. The van der Waals surface area contributed by atoms with Gasteiger partial charge in [0.15, 0.2) is 5.78 Å². The van der Waals surface area contributed by atoms with Crippen LogP contribution in [0.15, 0.2) is 0 Å². The largest absolute Gasteiger partial charge is 0.377 e. The Kier molecular flexibility index (Phi) is 9.66. The number of rotatable bonds is 10. The van der Waals surface area contributed by atoms with Crippen LogP contribution >= 0.6 is 0 Å². The fraction of sp³-hybridized carbons (Fsp3) is 0.833. The first-order valence-corrected chi connectivity index (χ1v) is 5.94. The average molecular weight is 245 g/mol. The molecule has 0 unspecified atom stereocenters. The lowest BCUT2D eigenvalue weighted by Crippen LogP contribution is -2.28. The second-order valence-corrected chi connectivity index (χ2v) is 4.31. The highest BCUT2D eigenvalue weighted by atomic mass is 16.5. The molecule has 1 amide bonds. The van der Waals surface area contributed by atoms with Crippen molar-refractivity contribution in [1.29, 1.82) is 0 Å². The van der Waals surface area contributed by atoms with Gasteiger partial charge in [0.25, 0.3) is 0 Å². The SMILES string of the molecule is CC(=O)COCCOCCNC(=O)CC(C)C. The first kappa shape index (κ1) is 16.1. The number of Topliss-reactive ketones (excluding diaryl/α,β-unsaturated/α-hetero) is 1. The van der Waals surface area contributed by atoms with Gasteiger partial charge in [-0.25, -0.2) is 0 Å². The molecule has 0 radical (unpaired) electrons. The van der Waals surface area contributed by atoms with E-state index in [2.05, 4.69) is 5.32 Å². The van der Waals surface area contributed by atoms with Crippen LogP contribution in [0.4, 0.5) is 0 Å². The van der Waals surface area contributed by atoms with E-state index >= 15 is 0 Å². The summed E-state index contributed by atoms with van der Waals surface area (Å²) < 4.78 is 10.2. The fourth-order valence-corrected chi connectivity index (χ4v) is 1.14. The van der Waals surface area contributed by atoms with Crippen molar-refractivity contribution in [2.24, 2.45) is 5.92 Å². The molecular formula is C12H23NO4. The van der Waals surface area contributed by atoms with Crippen molar-refractivity contribution in [2.45, 2.75) is 27.2 Å². The Morgan fingerprint density at radius 3 is 2.35 bits per heavy atom. The Labute approximate surface area is 103 Å². The highest BCUT2D eigenvalue weighted by molar-refractivity contribution is 5.76. The maximum Gasteiger partial charge on any atom is 0.220 e. The maximum atomic E-state index is 11.2. The van der Waals surface area contributed by atoms with Gasteiger partial charge in [-0.05, 0) is 12.8 Å². The van der Waals surface area contributed by atoms with Crippen LogP contribution in [0, 0.1) is 5.92 Å². The highest BCUT2D eigenvalue weighted by Gasteiger charge is 2.03. The summed E-state index contributed by atoms with van der Waals surface area (Å²) in [5, 5.41) is 2.76. The summed E-state index contributed by atoms with van der Waals surface area (Å²) in [6.45, 7) is 7.43. The van der Waals surface area contributed by atoms with E-state index in [0.717, 1.165) is 0 Å². The molecule has 0 aromatic rings. The van der Waals surface area contributed by atoms with Crippen LogP contribution in [-0.2, 0) is 19.1 Å². The lowest BCUT2D eigenvalue weighted by molar-refractivity contribution is -0.123. The van der Waals surface area contributed by atoms with Crippen molar-refractivity contribution in [3.8, 4) is 0 Å². The Morgan fingerprint density at radius 2 is 1.76 bits per heavy atom. The minimum absolute atomic E-state index is 0.00551. The number of hydrogen-bond donors (Lipinski definition) is 1. The van der Waals surface area contributed by atoms with Crippen molar-refractivity contribution >= 4 is 11.7 Å². The van der Waals surface area contributed by atoms with E-state index in [-0.39, 0.29) is 18.3 Å². The molecule has 0 spiro atoms. The molecule has 0 rings (SSSR count). The number of ketones is 1. The molecule has 0 atom stereocenters. The summed E-state index contributed by atoms with van der Waals surface area (Å²) in [5.41, 5.74) is 0. The fourth-order valence-electron chi connectivity index (χ4n) is 1.14. The second kappa shape index (κ2) is 10.2. The first-order chi connectivity index (χ1) is 8.02. The molecule has 100 valence electrons. The van der Waals surface area contributed by atoms with Crippen LogP contribution < -0.4 is 5.32 Å². The number of ether oxygens (including phenoxy) is 2. The third-order valence-electron chi connectivity index (χ3n) is 1.84. The molecule has 5 nitrogen and oxygen atoms in total. The van der Waals surface area contributed by atoms with Crippen molar-refractivity contribution < 1.29 is 19.1 Å². The maximum absolute atomic E-state index is 11.2. The predicted octanol–water partition coefficient (Wildman–Crippen LogP) is 0.771. The topological polar surface area (TPSA) is 64.6 Å². The normalized spacial score (nSPS) is 10.6. The molecule has 5 heteroatoms. The van der Waals surface area contributed by atoms with Gasteiger partial charge >= 0.3 is 0 Å². The van der Waals surface area contributed by atoms with E-state index in [9.17, 15) is 9.59 Å². The lowest BCUT2D eigenvalue weighted by atomic mass is 10.1. The molecular weight excluding hydrogens is 222 g/mol. The minimum atomic E-state index is 0.00551. The third kappa shape index (κ3) is 13.0. The third-order valence-corrected chi connectivity index (χ3v) is 1.84. The average Bonchev–Trinajstić information content (AvgIpc) is 2.20. The van der Waals surface area contributed by atoms with E-state index < -0.39 is 0 Å². The second-order valence-electron chi connectivity index (χ2n) is 4.31. The monoisotopic (exact) mass is 245 g/mol. The molecule has 0 aliphatic rings. The van der Waals surface area contributed by atoms with Gasteiger partial charge in [0, 0.05) is 13.0 Å². The summed E-state index contributed by atoms with van der Waals surface area (Å²) in [6.07, 6.45) is 0.543. The zero-order valence-corrected chi connectivity index (χ0v) is 11.0. The van der Waals surface area contributed by atoms with Crippen molar-refractivity contribution in [3.05, 3.63) is 0 Å². The number of carbonyl (C=O) groups excluding carboxylic acids is 2. The van der Waals surface area contributed by atoms with Gasteiger partial charge in [-0.3, -0.25) is 9.59 Å². The van der Waals surface area contributed by atoms with Crippen molar-refractivity contribution in [1.82, 2.24) is 5.32 Å². The highest BCUT2D eigenvalue weighted by Crippen LogP contribution is 1.97. The zero-order chi connectivity index (χ0) is 13.1. The van der Waals surface area contributed by atoms with Crippen LogP contribution in [0.25, 0.3) is 0 Å². The standard InChI is InChI=1S/C12H23NO4/c1-10(2)8-12(15)13-4-5-16-6-7-17-9-11(3)14/h10H,4-9H2,1-3H3,(H,13,15). The quantitative estimate of drug-likeness (QED) is 0.577. The number of nitrogens with one attached hydrogen (secondary N) is 1. The van der Waals surface area contributed by atoms with Gasteiger partial charge < -0.3 is 14.8 Å². The summed E-state index contributed by atoms with van der Waals surface area (Å²) in [7, 11) is 0. The van der Waals surface area contributed by atoms with Gasteiger partial charge in [-0.15, -0.1) is 0 Å². The Morgan fingerprint density at radius 1 is 1.12 bits per heavy atom. The van der Waals surface area contributed by atoms with Crippen LogP contribution in [0.3, 0.4) is 0 Å². The molecule has 0 saturated carbocycles. The zero-order valence-electron chi connectivity index (χ0n) is 11.0. The van der Waals surface area contributed by atoms with E-state index in [1.807, 2.05) is 13.8 Å². The number of amides is 1. The van der Waals surface area contributed by atoms with Gasteiger partial charge in [0.05, 0.1) is 19.8 Å². The molecule has 0 fully saturated rings. The molecule has 0 heterocycles. The van der Waals surface area contributed by atoms with Crippen molar-refractivity contribution in [3.63, 3.8) is 0 Å². The molecule has 0 aromatic heterocycles. The number of carbonyl (C=O) groups is 2. The van der Waals surface area contributed by atoms with Gasteiger partial charge in [-0.1, -0.05) is 13.8 Å². The Hall–Kier alpha value is -0.940. The number of hydrogen-bond acceptors (Lipinski definition) is 4. The van der Waals surface area contributed by atoms with Crippen LogP contribution in [0.2, 0.25) is 0 Å². The minimum Gasteiger partial charge on any atom is -0.377 e. The van der Waals surface area contributed by atoms with Gasteiger partial charge in [-0.2, -0.15) is 0 Å². The Balaban J connectivity index is 3.18. The summed E-state index contributed by atoms with van der Waals surface area (Å²) in [6, 6.07) is 0. The summed E-state index contributed by atoms with van der Waals surface area (Å²) >= 11 is 0. The lowest BCUT2D eigenvalue weighted by Gasteiger charge is -2.07. The summed E-state index contributed by atoms with van der Waals surface area (Å²) in [4.78, 5) is 21.8. The molecule has 0 aliphatic carbocycles. The van der Waals surface area contributed by atoms with E-state index in [1.54, 1.807) is 0 Å². The van der Waals surface area contributed by atoms with Crippen LogP contribution in [0.5, 0.6) is 0 Å². The van der Waals surface area contributed by atoms with Crippen LogP contribution in [0.1, 0.15) is 27.2 Å². The van der Waals surface area contributed by atoms with E-state index in [1.165, 1.54) is 6.92 Å². The first-order valence-electron chi connectivity index (χ1n) is 5.94. The molecule has 17 heavy (non-hydrogen) atoms. The molecule has 0 saturated heterocycles. The van der Waals surface area contributed by atoms with Gasteiger partial charge in [0.1, 0.15) is 6.61 Å². The molecule has 0 aliphatic heterocycles. The van der Waals surface area contributed by atoms with E-state index in [4.69, 9.17) is 9.47 Å². The van der Waals surface area contributed by atoms with Crippen molar-refractivity contribution in [2.75, 3.05) is 33.0 Å². The smallest absolute Gasteiger partial charge is 0.220 e. The molecule has 1 N–H and O–H groups in total. The van der Waals surface area contributed by atoms with E-state index in [0.29, 0.717) is 38.7 Å². The molecule has 0 bridgehead atoms. The molecule has 0 aromatic carbocycles. The van der Waals surface area contributed by atoms with Crippen LogP contribution in [-0.4, -0.2) is 44.7 Å². The summed E-state index contributed by atoms with van der Waals surface area (Å²) in [5.74, 6) is 0.429. The Bertz CT molecular complexity index is 229.